The van der Waals surface area contributed by atoms with Gasteiger partial charge in [0.25, 0.3) is 0 Å². The van der Waals surface area contributed by atoms with Crippen molar-refractivity contribution in [1.82, 2.24) is 4.98 Å². The van der Waals surface area contributed by atoms with Gasteiger partial charge < -0.3 is 0 Å². The Bertz CT molecular complexity index is 508. The van der Waals surface area contributed by atoms with E-state index in [1.54, 1.807) is 0 Å². The van der Waals surface area contributed by atoms with Crippen LogP contribution in [0.4, 0.5) is 0 Å². The zero-order valence-corrected chi connectivity index (χ0v) is 12.3. The number of halogens is 1. The summed E-state index contributed by atoms with van der Waals surface area (Å²) in [6, 6.07) is 10.6. The van der Waals surface area contributed by atoms with Gasteiger partial charge in [0, 0.05) is 21.3 Å². The van der Waals surface area contributed by atoms with Gasteiger partial charge in [0.15, 0.2) is 0 Å². The molecule has 0 aliphatic rings. The molecule has 2 aromatic rings. The zero-order chi connectivity index (χ0) is 12.3. The summed E-state index contributed by atoms with van der Waals surface area (Å²) in [6.45, 7) is 4.28. The standard InChI is InChI=1S/C14H14BrNS/c1-10-3-4-11(2)14(7-10)17-9-13-6-5-12(15)8-16-13/h3-8H,9H2,1-2H3. The molecule has 2 rings (SSSR count). The van der Waals surface area contributed by atoms with Gasteiger partial charge in [-0.25, -0.2) is 0 Å². The first-order chi connectivity index (χ1) is 8.15. The Kier molecular flexibility index (Phi) is 4.24. The van der Waals surface area contributed by atoms with Crippen LogP contribution in [0.1, 0.15) is 16.8 Å². The maximum absolute atomic E-state index is 4.38. The normalized spacial score (nSPS) is 10.5. The van der Waals surface area contributed by atoms with E-state index < -0.39 is 0 Å². The Morgan fingerprint density at radius 2 is 2.00 bits per heavy atom. The van der Waals surface area contributed by atoms with E-state index in [1.807, 2.05) is 24.0 Å². The van der Waals surface area contributed by atoms with Crippen molar-refractivity contribution in [3.05, 3.63) is 57.8 Å². The van der Waals surface area contributed by atoms with Gasteiger partial charge in [-0.05, 0) is 53.5 Å². The fourth-order valence-electron chi connectivity index (χ4n) is 1.51. The number of hydrogen-bond donors (Lipinski definition) is 0. The van der Waals surface area contributed by atoms with Gasteiger partial charge in [-0.2, -0.15) is 0 Å². The lowest BCUT2D eigenvalue weighted by atomic mass is 10.2. The smallest absolute Gasteiger partial charge is 0.0507 e. The molecule has 3 heteroatoms. The topological polar surface area (TPSA) is 12.9 Å². The molecule has 0 saturated heterocycles. The highest BCUT2D eigenvalue weighted by Gasteiger charge is 2.01. The Morgan fingerprint density at radius 1 is 1.18 bits per heavy atom. The maximum Gasteiger partial charge on any atom is 0.0507 e. The van der Waals surface area contributed by atoms with Gasteiger partial charge in [-0.15, -0.1) is 11.8 Å². The molecule has 0 bridgehead atoms. The van der Waals surface area contributed by atoms with Gasteiger partial charge in [0.05, 0.1) is 5.69 Å². The Morgan fingerprint density at radius 3 is 2.71 bits per heavy atom. The molecule has 0 aliphatic carbocycles. The highest BCUT2D eigenvalue weighted by molar-refractivity contribution is 9.10. The number of nitrogens with zero attached hydrogens (tertiary/aromatic N) is 1. The monoisotopic (exact) mass is 307 g/mol. The Hall–Kier alpha value is -0.800. The van der Waals surface area contributed by atoms with E-state index in [2.05, 4.69) is 59.0 Å². The average molecular weight is 308 g/mol. The van der Waals surface area contributed by atoms with Crippen molar-refractivity contribution >= 4 is 27.7 Å². The van der Waals surface area contributed by atoms with E-state index in [1.165, 1.54) is 16.0 Å². The first-order valence-corrected chi connectivity index (χ1v) is 7.23. The summed E-state index contributed by atoms with van der Waals surface area (Å²) in [5.41, 5.74) is 3.75. The lowest BCUT2D eigenvalue weighted by Gasteiger charge is -2.06. The quantitative estimate of drug-likeness (QED) is 0.759. The predicted octanol–water partition coefficient (Wildman–Crippen LogP) is 4.75. The van der Waals surface area contributed by atoms with E-state index in [0.717, 1.165) is 15.9 Å². The van der Waals surface area contributed by atoms with E-state index in [9.17, 15) is 0 Å². The third kappa shape index (κ3) is 3.58. The lowest BCUT2D eigenvalue weighted by Crippen LogP contribution is -1.87. The van der Waals surface area contributed by atoms with Crippen LogP contribution in [0.3, 0.4) is 0 Å². The molecule has 0 unspecified atom stereocenters. The van der Waals surface area contributed by atoms with Crippen molar-refractivity contribution in [2.75, 3.05) is 0 Å². The molecule has 0 saturated carbocycles. The molecule has 0 radical (unpaired) electrons. The number of aryl methyl sites for hydroxylation is 2. The molecule has 1 aromatic heterocycles. The van der Waals surface area contributed by atoms with Crippen LogP contribution in [0.15, 0.2) is 45.9 Å². The first kappa shape index (κ1) is 12.7. The summed E-state index contributed by atoms with van der Waals surface area (Å²) in [5.74, 6) is 0.914. The molecule has 0 fully saturated rings. The molecule has 0 spiro atoms. The lowest BCUT2D eigenvalue weighted by molar-refractivity contribution is 1.16. The highest BCUT2D eigenvalue weighted by atomic mass is 79.9. The third-order valence-corrected chi connectivity index (χ3v) is 4.17. The van der Waals surface area contributed by atoms with Crippen molar-refractivity contribution in [2.24, 2.45) is 0 Å². The second-order valence-corrected chi connectivity index (χ2v) is 5.96. The van der Waals surface area contributed by atoms with Crippen LogP contribution < -0.4 is 0 Å². The van der Waals surface area contributed by atoms with E-state index in [4.69, 9.17) is 0 Å². The van der Waals surface area contributed by atoms with Crippen LogP contribution in [0.5, 0.6) is 0 Å². The summed E-state index contributed by atoms with van der Waals surface area (Å²) < 4.78 is 1.03. The molecular weight excluding hydrogens is 294 g/mol. The minimum Gasteiger partial charge on any atom is -0.259 e. The number of aromatic nitrogens is 1. The molecule has 0 aliphatic heterocycles. The molecule has 0 atom stereocenters. The molecule has 1 aromatic carbocycles. The minimum atomic E-state index is 0.914. The maximum atomic E-state index is 4.38. The number of pyridine rings is 1. The summed E-state index contributed by atoms with van der Waals surface area (Å²) in [6.07, 6.45) is 1.85. The van der Waals surface area contributed by atoms with Gasteiger partial charge in [0.2, 0.25) is 0 Å². The molecule has 0 N–H and O–H groups in total. The number of thioether (sulfide) groups is 1. The van der Waals surface area contributed by atoms with E-state index in [0.29, 0.717) is 0 Å². The number of hydrogen-bond acceptors (Lipinski definition) is 2. The zero-order valence-electron chi connectivity index (χ0n) is 9.90. The second kappa shape index (κ2) is 5.69. The average Bonchev–Trinajstić information content (AvgIpc) is 2.32. The van der Waals surface area contributed by atoms with Gasteiger partial charge >= 0.3 is 0 Å². The summed E-state index contributed by atoms with van der Waals surface area (Å²) in [5, 5.41) is 0. The van der Waals surface area contributed by atoms with Crippen molar-refractivity contribution < 1.29 is 0 Å². The minimum absolute atomic E-state index is 0.914. The van der Waals surface area contributed by atoms with Crippen molar-refractivity contribution in [1.29, 1.82) is 0 Å². The van der Waals surface area contributed by atoms with Crippen LogP contribution in [0, 0.1) is 13.8 Å². The van der Waals surface area contributed by atoms with Crippen LogP contribution in [-0.4, -0.2) is 4.98 Å². The summed E-state index contributed by atoms with van der Waals surface area (Å²) in [4.78, 5) is 5.72. The largest absolute Gasteiger partial charge is 0.259 e. The first-order valence-electron chi connectivity index (χ1n) is 5.45. The van der Waals surface area contributed by atoms with Crippen LogP contribution >= 0.6 is 27.7 Å². The third-order valence-electron chi connectivity index (χ3n) is 2.51. The molecule has 1 heterocycles. The van der Waals surface area contributed by atoms with Crippen molar-refractivity contribution in [3.63, 3.8) is 0 Å². The predicted molar refractivity (Wildman–Crippen MR) is 77.4 cm³/mol. The highest BCUT2D eigenvalue weighted by Crippen LogP contribution is 2.26. The van der Waals surface area contributed by atoms with Crippen LogP contribution in [0.2, 0.25) is 0 Å². The molecule has 0 amide bonds. The number of rotatable bonds is 3. The van der Waals surface area contributed by atoms with Crippen LogP contribution in [-0.2, 0) is 5.75 Å². The summed E-state index contributed by atoms with van der Waals surface area (Å²) >= 11 is 5.24. The van der Waals surface area contributed by atoms with Gasteiger partial charge in [0.1, 0.15) is 0 Å². The van der Waals surface area contributed by atoms with Gasteiger partial charge in [-0.3, -0.25) is 4.98 Å². The Labute approximate surface area is 115 Å². The van der Waals surface area contributed by atoms with Crippen molar-refractivity contribution in [3.8, 4) is 0 Å². The number of benzene rings is 1. The SMILES string of the molecule is Cc1ccc(C)c(SCc2ccc(Br)cn2)c1. The van der Waals surface area contributed by atoms with Crippen molar-refractivity contribution in [2.45, 2.75) is 24.5 Å². The van der Waals surface area contributed by atoms with E-state index in [-0.39, 0.29) is 0 Å². The van der Waals surface area contributed by atoms with Crippen LogP contribution in [0.25, 0.3) is 0 Å². The Balaban J connectivity index is 2.07. The molecular formula is C14H14BrNS. The summed E-state index contributed by atoms with van der Waals surface area (Å²) in [7, 11) is 0. The van der Waals surface area contributed by atoms with E-state index >= 15 is 0 Å². The fraction of sp³-hybridized carbons (Fsp3) is 0.214. The fourth-order valence-corrected chi connectivity index (χ4v) is 2.78. The van der Waals surface area contributed by atoms with Gasteiger partial charge in [-0.1, -0.05) is 17.7 Å². The molecule has 88 valence electrons. The molecule has 1 nitrogen and oxygen atoms in total. The molecule has 17 heavy (non-hydrogen) atoms. The second-order valence-electron chi connectivity index (χ2n) is 4.03.